The lowest BCUT2D eigenvalue weighted by molar-refractivity contribution is 0.479. The zero-order chi connectivity index (χ0) is 11.5. The minimum Gasteiger partial charge on any atom is -0.506 e. The summed E-state index contributed by atoms with van der Waals surface area (Å²) < 4.78 is 2.00. The normalized spacial score (nSPS) is 11.1. The number of benzene rings is 1. The summed E-state index contributed by atoms with van der Waals surface area (Å²) >= 11 is 0. The second-order valence-electron chi connectivity index (χ2n) is 4.15. The second kappa shape index (κ2) is 4.58. The van der Waals surface area contributed by atoms with E-state index in [0.29, 0.717) is 5.75 Å². The average Bonchev–Trinajstić information content (AvgIpc) is 2.58. The number of hydrogen-bond donors (Lipinski definition) is 2. The van der Waals surface area contributed by atoms with Crippen molar-refractivity contribution in [3.05, 3.63) is 30.0 Å². The van der Waals surface area contributed by atoms with Crippen LogP contribution >= 0.6 is 0 Å². The van der Waals surface area contributed by atoms with Crippen molar-refractivity contribution in [2.24, 2.45) is 7.05 Å². The third-order valence-corrected chi connectivity index (χ3v) is 2.94. The van der Waals surface area contributed by atoms with E-state index in [2.05, 4.69) is 17.6 Å². The monoisotopic (exact) mass is 218 g/mol. The van der Waals surface area contributed by atoms with Crippen molar-refractivity contribution < 1.29 is 5.11 Å². The average molecular weight is 218 g/mol. The van der Waals surface area contributed by atoms with Crippen LogP contribution in [0.2, 0.25) is 0 Å². The van der Waals surface area contributed by atoms with E-state index >= 15 is 0 Å². The van der Waals surface area contributed by atoms with Crippen LogP contribution in [0.15, 0.2) is 24.4 Å². The van der Waals surface area contributed by atoms with Crippen molar-refractivity contribution in [2.75, 3.05) is 13.6 Å². The lowest BCUT2D eigenvalue weighted by Crippen LogP contribution is -2.08. The maximum atomic E-state index is 9.80. The van der Waals surface area contributed by atoms with Crippen molar-refractivity contribution in [1.29, 1.82) is 0 Å². The molecule has 0 amide bonds. The van der Waals surface area contributed by atoms with E-state index in [4.69, 9.17) is 0 Å². The highest BCUT2D eigenvalue weighted by Crippen LogP contribution is 2.28. The third-order valence-electron chi connectivity index (χ3n) is 2.94. The zero-order valence-electron chi connectivity index (χ0n) is 9.83. The molecule has 0 aliphatic heterocycles. The van der Waals surface area contributed by atoms with Gasteiger partial charge in [-0.05, 0) is 38.1 Å². The minimum atomic E-state index is 0.361. The molecule has 3 nitrogen and oxygen atoms in total. The van der Waals surface area contributed by atoms with Crippen LogP contribution in [0.5, 0.6) is 5.75 Å². The van der Waals surface area contributed by atoms with Gasteiger partial charge in [-0.25, -0.2) is 0 Å². The Labute approximate surface area is 95.7 Å². The summed E-state index contributed by atoms with van der Waals surface area (Å²) in [5.41, 5.74) is 2.24. The van der Waals surface area contributed by atoms with E-state index in [1.807, 2.05) is 24.7 Å². The van der Waals surface area contributed by atoms with Gasteiger partial charge in [0.2, 0.25) is 0 Å². The highest BCUT2D eigenvalue weighted by molar-refractivity contribution is 5.88. The lowest BCUT2D eigenvalue weighted by Gasteiger charge is -2.00. The first-order valence-electron chi connectivity index (χ1n) is 5.64. The van der Waals surface area contributed by atoms with Crippen LogP contribution in [0, 0.1) is 0 Å². The van der Waals surface area contributed by atoms with E-state index in [0.717, 1.165) is 24.9 Å². The summed E-state index contributed by atoms with van der Waals surface area (Å²) in [6.07, 6.45) is 4.27. The number of rotatable bonds is 4. The van der Waals surface area contributed by atoms with Crippen molar-refractivity contribution in [2.45, 2.75) is 12.8 Å². The number of nitrogens with one attached hydrogen (secondary N) is 1. The van der Waals surface area contributed by atoms with Gasteiger partial charge >= 0.3 is 0 Å². The molecule has 2 rings (SSSR count). The molecule has 0 saturated heterocycles. The Morgan fingerprint density at radius 2 is 2.19 bits per heavy atom. The third kappa shape index (κ3) is 1.91. The fraction of sp³-hybridized carbons (Fsp3) is 0.385. The Balaban J connectivity index is 2.36. The quantitative estimate of drug-likeness (QED) is 0.771. The molecule has 0 aliphatic carbocycles. The van der Waals surface area contributed by atoms with Gasteiger partial charge in [0.1, 0.15) is 5.75 Å². The summed E-state index contributed by atoms with van der Waals surface area (Å²) in [5, 5.41) is 14.1. The number of aryl methyl sites for hydroxylation is 2. The number of hydrogen-bond acceptors (Lipinski definition) is 2. The first kappa shape index (κ1) is 11.0. The SMILES string of the molecule is CNCCCc1cn(C)c2c(O)cccc12. The predicted octanol–water partition coefficient (Wildman–Crippen LogP) is 2.04. The number of phenolic OH excluding ortho intramolecular Hbond substituents is 1. The highest BCUT2D eigenvalue weighted by atomic mass is 16.3. The smallest absolute Gasteiger partial charge is 0.139 e. The highest BCUT2D eigenvalue weighted by Gasteiger charge is 2.08. The Morgan fingerprint density at radius 3 is 2.94 bits per heavy atom. The van der Waals surface area contributed by atoms with Crippen LogP contribution in [0.4, 0.5) is 0 Å². The first-order chi connectivity index (χ1) is 7.74. The molecule has 16 heavy (non-hydrogen) atoms. The minimum absolute atomic E-state index is 0.361. The molecular weight excluding hydrogens is 200 g/mol. The number of nitrogens with zero attached hydrogens (tertiary/aromatic N) is 1. The van der Waals surface area contributed by atoms with Crippen LogP contribution < -0.4 is 5.32 Å². The van der Waals surface area contributed by atoms with Gasteiger partial charge in [0.15, 0.2) is 0 Å². The Bertz CT molecular complexity index is 488. The molecule has 3 heteroatoms. The Morgan fingerprint density at radius 1 is 1.38 bits per heavy atom. The summed E-state index contributed by atoms with van der Waals surface area (Å²) in [6.45, 7) is 1.02. The molecule has 0 spiro atoms. The van der Waals surface area contributed by atoms with E-state index in [-0.39, 0.29) is 0 Å². The van der Waals surface area contributed by atoms with Crippen molar-refractivity contribution in [1.82, 2.24) is 9.88 Å². The molecule has 1 aromatic carbocycles. The molecule has 0 aliphatic rings. The molecule has 1 heterocycles. The van der Waals surface area contributed by atoms with E-state index < -0.39 is 0 Å². The van der Waals surface area contributed by atoms with Gasteiger partial charge in [-0.3, -0.25) is 0 Å². The van der Waals surface area contributed by atoms with Gasteiger partial charge in [0.25, 0.3) is 0 Å². The predicted molar refractivity (Wildman–Crippen MR) is 66.8 cm³/mol. The van der Waals surface area contributed by atoms with Crippen LogP contribution in [0.25, 0.3) is 10.9 Å². The molecule has 1 aromatic heterocycles. The number of phenols is 1. The van der Waals surface area contributed by atoms with Gasteiger partial charge in [0.05, 0.1) is 5.52 Å². The molecule has 86 valence electrons. The molecule has 2 N–H and O–H groups in total. The molecular formula is C13H18N2O. The number of aromatic hydroxyl groups is 1. The van der Waals surface area contributed by atoms with Crippen LogP contribution in [0.1, 0.15) is 12.0 Å². The van der Waals surface area contributed by atoms with Gasteiger partial charge < -0.3 is 15.0 Å². The standard InChI is InChI=1S/C13H18N2O/c1-14-8-4-5-10-9-15(2)13-11(10)6-3-7-12(13)16/h3,6-7,9,14,16H,4-5,8H2,1-2H3. The summed E-state index contributed by atoms with van der Waals surface area (Å²) in [5.74, 6) is 0.361. The molecule has 0 fully saturated rings. The second-order valence-corrected chi connectivity index (χ2v) is 4.15. The summed E-state index contributed by atoms with van der Waals surface area (Å²) in [6, 6.07) is 5.71. The molecule has 2 aromatic rings. The van der Waals surface area contributed by atoms with Crippen LogP contribution in [-0.2, 0) is 13.5 Å². The number of aromatic nitrogens is 1. The van der Waals surface area contributed by atoms with Gasteiger partial charge in [0, 0.05) is 18.6 Å². The Kier molecular flexibility index (Phi) is 3.15. The van der Waals surface area contributed by atoms with Crippen LogP contribution in [-0.4, -0.2) is 23.3 Å². The van der Waals surface area contributed by atoms with Gasteiger partial charge in [-0.1, -0.05) is 12.1 Å². The summed E-state index contributed by atoms with van der Waals surface area (Å²) in [4.78, 5) is 0. The fourth-order valence-corrected chi connectivity index (χ4v) is 2.18. The Hall–Kier alpha value is -1.48. The fourth-order valence-electron chi connectivity index (χ4n) is 2.18. The molecule has 0 atom stereocenters. The van der Waals surface area contributed by atoms with Gasteiger partial charge in [-0.2, -0.15) is 0 Å². The molecule has 0 radical (unpaired) electrons. The van der Waals surface area contributed by atoms with Crippen molar-refractivity contribution in [3.63, 3.8) is 0 Å². The zero-order valence-corrected chi connectivity index (χ0v) is 9.83. The molecule has 0 saturated carbocycles. The molecule has 0 unspecified atom stereocenters. The topological polar surface area (TPSA) is 37.2 Å². The maximum Gasteiger partial charge on any atom is 0.139 e. The van der Waals surface area contributed by atoms with E-state index in [9.17, 15) is 5.11 Å². The maximum absolute atomic E-state index is 9.80. The van der Waals surface area contributed by atoms with E-state index in [1.165, 1.54) is 10.9 Å². The van der Waals surface area contributed by atoms with Crippen LogP contribution in [0.3, 0.4) is 0 Å². The lowest BCUT2D eigenvalue weighted by atomic mass is 10.1. The number of fused-ring (bicyclic) bond motifs is 1. The first-order valence-corrected chi connectivity index (χ1v) is 5.64. The summed E-state index contributed by atoms with van der Waals surface area (Å²) in [7, 11) is 3.94. The van der Waals surface area contributed by atoms with Gasteiger partial charge in [-0.15, -0.1) is 0 Å². The van der Waals surface area contributed by atoms with Crippen molar-refractivity contribution >= 4 is 10.9 Å². The van der Waals surface area contributed by atoms with E-state index in [1.54, 1.807) is 6.07 Å². The number of para-hydroxylation sites is 1. The molecule has 0 bridgehead atoms. The van der Waals surface area contributed by atoms with Crippen molar-refractivity contribution in [3.8, 4) is 5.75 Å². The largest absolute Gasteiger partial charge is 0.506 e.